The zero-order chi connectivity index (χ0) is 77.2. The second-order valence-electron chi connectivity index (χ2n) is 32.1. The summed E-state index contributed by atoms with van der Waals surface area (Å²) >= 11 is 0. The molecule has 6 atom stereocenters. The van der Waals surface area contributed by atoms with Gasteiger partial charge >= 0.3 is 39.5 Å². The molecule has 0 aromatic heterocycles. The van der Waals surface area contributed by atoms with Crippen LogP contribution in [0.1, 0.15) is 453 Å². The molecule has 0 radical (unpaired) electrons. The Morgan fingerprint density at radius 2 is 0.486 bits per heavy atom. The van der Waals surface area contributed by atoms with Gasteiger partial charge in [-0.1, -0.05) is 402 Å². The summed E-state index contributed by atoms with van der Waals surface area (Å²) in [5, 5.41) is 10.7. The molecule has 0 rings (SSSR count). The third kappa shape index (κ3) is 78.5. The molecule has 19 heteroatoms. The number of carbonyl (C=O) groups is 4. The van der Waals surface area contributed by atoms with E-state index < -0.39 is 97.5 Å². The van der Waals surface area contributed by atoms with Gasteiger partial charge in [0.2, 0.25) is 0 Å². The Labute approximate surface area is 645 Å². The van der Waals surface area contributed by atoms with Crippen LogP contribution in [0, 0.1) is 17.8 Å². The van der Waals surface area contributed by atoms with Crippen LogP contribution >= 0.6 is 15.6 Å². The van der Waals surface area contributed by atoms with Gasteiger partial charge in [0.15, 0.2) is 12.2 Å². The number of hydrogen-bond donors (Lipinski definition) is 3. The topological polar surface area (TPSA) is 237 Å². The molecule has 0 aromatic rings. The Morgan fingerprint density at radius 1 is 0.276 bits per heavy atom. The lowest BCUT2D eigenvalue weighted by Crippen LogP contribution is -2.30. The molecule has 624 valence electrons. The molecule has 105 heavy (non-hydrogen) atoms. The molecule has 3 N–H and O–H groups in total. The zero-order valence-electron chi connectivity index (χ0n) is 69.2. The molecule has 0 saturated heterocycles. The minimum Gasteiger partial charge on any atom is -0.462 e. The van der Waals surface area contributed by atoms with Gasteiger partial charge in [0, 0.05) is 25.7 Å². The maximum absolute atomic E-state index is 13.1. The average molecular weight is 1540 g/mol. The van der Waals surface area contributed by atoms with E-state index >= 15 is 0 Å². The van der Waals surface area contributed by atoms with Crippen molar-refractivity contribution in [2.45, 2.75) is 471 Å². The van der Waals surface area contributed by atoms with Crippen LogP contribution in [0.2, 0.25) is 0 Å². The van der Waals surface area contributed by atoms with Crippen molar-refractivity contribution in [2.24, 2.45) is 17.8 Å². The van der Waals surface area contributed by atoms with Crippen LogP contribution in [0.25, 0.3) is 0 Å². The van der Waals surface area contributed by atoms with Crippen molar-refractivity contribution < 1.29 is 80.2 Å². The van der Waals surface area contributed by atoms with Gasteiger partial charge in [-0.05, 0) is 43.4 Å². The van der Waals surface area contributed by atoms with Crippen LogP contribution in [0.3, 0.4) is 0 Å². The van der Waals surface area contributed by atoms with Crippen molar-refractivity contribution in [3.8, 4) is 0 Å². The summed E-state index contributed by atoms with van der Waals surface area (Å²) in [6, 6.07) is 0. The minimum absolute atomic E-state index is 0.107. The number of esters is 4. The number of aliphatic hydroxyl groups excluding tert-OH is 1. The summed E-state index contributed by atoms with van der Waals surface area (Å²) < 4.78 is 68.8. The predicted octanol–water partition coefficient (Wildman–Crippen LogP) is 26.1. The first kappa shape index (κ1) is 103. The molecular weight excluding hydrogens is 1370 g/mol. The van der Waals surface area contributed by atoms with Gasteiger partial charge in [-0.25, -0.2) is 9.13 Å². The van der Waals surface area contributed by atoms with Crippen molar-refractivity contribution in [3.05, 3.63) is 0 Å². The molecule has 0 aliphatic heterocycles. The van der Waals surface area contributed by atoms with E-state index in [1.165, 1.54) is 263 Å². The molecule has 0 aliphatic carbocycles. The van der Waals surface area contributed by atoms with Gasteiger partial charge in [0.05, 0.1) is 26.4 Å². The minimum atomic E-state index is -4.97. The third-order valence-electron chi connectivity index (χ3n) is 20.5. The van der Waals surface area contributed by atoms with Crippen LogP contribution in [0.5, 0.6) is 0 Å². The molecule has 3 unspecified atom stereocenters. The number of unbranched alkanes of at least 4 members (excludes halogenated alkanes) is 51. The van der Waals surface area contributed by atoms with Crippen LogP contribution in [0.15, 0.2) is 0 Å². The molecule has 0 heterocycles. The fourth-order valence-corrected chi connectivity index (χ4v) is 14.9. The van der Waals surface area contributed by atoms with E-state index in [1.807, 2.05) is 0 Å². The summed E-state index contributed by atoms with van der Waals surface area (Å²) in [6.45, 7) is 12.1. The van der Waals surface area contributed by atoms with Crippen LogP contribution in [-0.2, 0) is 65.4 Å². The van der Waals surface area contributed by atoms with Crippen LogP contribution in [0.4, 0.5) is 0 Å². The van der Waals surface area contributed by atoms with E-state index in [1.54, 1.807) is 0 Å². The molecule has 17 nitrogen and oxygen atoms in total. The van der Waals surface area contributed by atoms with E-state index in [4.69, 9.17) is 37.0 Å². The summed E-state index contributed by atoms with van der Waals surface area (Å²) in [4.78, 5) is 73.1. The molecule has 0 aliphatic rings. The number of phosphoric ester groups is 2. The highest BCUT2D eigenvalue weighted by atomic mass is 31.2. The van der Waals surface area contributed by atoms with E-state index in [2.05, 4.69) is 48.5 Å². The van der Waals surface area contributed by atoms with Gasteiger partial charge in [-0.2, -0.15) is 0 Å². The highest BCUT2D eigenvalue weighted by Gasteiger charge is 2.30. The van der Waals surface area contributed by atoms with Crippen LogP contribution < -0.4 is 0 Å². The summed E-state index contributed by atoms with van der Waals surface area (Å²) in [6.07, 6.45) is 66.6. The summed E-state index contributed by atoms with van der Waals surface area (Å²) in [5.41, 5.74) is 0. The van der Waals surface area contributed by atoms with Gasteiger partial charge in [-0.15, -0.1) is 0 Å². The standard InChI is InChI=1S/C86H168O17P2/c1-8-10-11-12-13-36-46-53-60-67-83(88)96-73-81(102-86(91)70-63-56-49-42-35-29-28-31-38-44-51-58-65-78(5)6)75-100-104(92,93)98-71-80(87)72-99-105(94,95)101-76-82(74-97-84(89)68-61-54-47-40-33-26-22-19-18-20-24-30-37-43-50-57-64-77(3)4)103-85(90)69-62-55-48-41-34-27-23-17-15-14-16-21-25-32-39-45-52-59-66-79(7)9-2/h77-82,87H,8-76H2,1-7H3,(H,92,93)(H,94,95)/t79?,80-,81+,82+/m0/s1. The SMILES string of the molecule is CCCCCCCCCCCC(=O)OC[C@H](COP(=O)(O)OC[C@H](O)COP(=O)(O)OC[C@@H](COC(=O)CCCCCCCCCCCCCCCCCCC(C)C)OC(=O)CCCCCCCCCCCCCCCCCCCCC(C)CC)OC(=O)CCCCCCCCCCCCCCC(C)C. The zero-order valence-corrected chi connectivity index (χ0v) is 71.0. The molecule has 0 amide bonds. The fourth-order valence-electron chi connectivity index (χ4n) is 13.3. The molecule has 0 saturated carbocycles. The highest BCUT2D eigenvalue weighted by Crippen LogP contribution is 2.45. The first-order chi connectivity index (χ1) is 50.8. The average Bonchev–Trinajstić information content (AvgIpc) is 0.925. The molecular formula is C86H168O17P2. The fraction of sp³-hybridized carbons (Fsp3) is 0.953. The Hall–Kier alpha value is -1.94. The number of aliphatic hydroxyl groups is 1. The lowest BCUT2D eigenvalue weighted by molar-refractivity contribution is -0.161. The van der Waals surface area contributed by atoms with E-state index in [0.29, 0.717) is 25.7 Å². The van der Waals surface area contributed by atoms with E-state index in [-0.39, 0.29) is 25.7 Å². The number of ether oxygens (including phenoxy) is 4. The van der Waals surface area contributed by atoms with E-state index in [9.17, 15) is 43.2 Å². The second kappa shape index (κ2) is 76.1. The Bertz CT molecular complexity index is 2030. The first-order valence-corrected chi connectivity index (χ1v) is 47.4. The lowest BCUT2D eigenvalue weighted by Gasteiger charge is -2.21. The number of hydrogen-bond acceptors (Lipinski definition) is 15. The van der Waals surface area contributed by atoms with Crippen LogP contribution in [-0.4, -0.2) is 96.7 Å². The Balaban J connectivity index is 5.21. The molecule has 0 aromatic carbocycles. The monoisotopic (exact) mass is 1540 g/mol. The number of carbonyl (C=O) groups excluding carboxylic acids is 4. The van der Waals surface area contributed by atoms with Crippen molar-refractivity contribution in [1.82, 2.24) is 0 Å². The Kier molecular flexibility index (Phi) is 74.7. The maximum atomic E-state index is 13.1. The summed E-state index contributed by atoms with van der Waals surface area (Å²) in [5.74, 6) is 0.355. The number of rotatable bonds is 84. The molecule has 0 fully saturated rings. The quantitative estimate of drug-likeness (QED) is 0.0222. The molecule has 0 bridgehead atoms. The van der Waals surface area contributed by atoms with E-state index in [0.717, 1.165) is 108 Å². The maximum Gasteiger partial charge on any atom is 0.472 e. The Morgan fingerprint density at radius 3 is 0.724 bits per heavy atom. The first-order valence-electron chi connectivity index (χ1n) is 44.4. The van der Waals surface area contributed by atoms with Crippen molar-refractivity contribution in [3.63, 3.8) is 0 Å². The largest absolute Gasteiger partial charge is 0.472 e. The highest BCUT2D eigenvalue weighted by molar-refractivity contribution is 7.47. The number of phosphoric acid groups is 2. The third-order valence-corrected chi connectivity index (χ3v) is 22.4. The smallest absolute Gasteiger partial charge is 0.462 e. The normalized spacial score (nSPS) is 14.1. The van der Waals surface area contributed by atoms with Crippen molar-refractivity contribution in [2.75, 3.05) is 39.6 Å². The van der Waals surface area contributed by atoms with Gasteiger partial charge in [-0.3, -0.25) is 37.3 Å². The summed E-state index contributed by atoms with van der Waals surface area (Å²) in [7, 11) is -9.93. The van der Waals surface area contributed by atoms with Gasteiger partial charge in [0.25, 0.3) is 0 Å². The van der Waals surface area contributed by atoms with Crippen molar-refractivity contribution >= 4 is 39.5 Å². The van der Waals surface area contributed by atoms with Gasteiger partial charge < -0.3 is 33.8 Å². The predicted molar refractivity (Wildman–Crippen MR) is 432 cm³/mol. The lowest BCUT2D eigenvalue weighted by atomic mass is 9.99. The second-order valence-corrected chi connectivity index (χ2v) is 35.0. The van der Waals surface area contributed by atoms with Crippen molar-refractivity contribution in [1.29, 1.82) is 0 Å². The molecule has 0 spiro atoms. The van der Waals surface area contributed by atoms with Gasteiger partial charge in [0.1, 0.15) is 19.3 Å².